The summed E-state index contributed by atoms with van der Waals surface area (Å²) in [7, 11) is 1.97. The summed E-state index contributed by atoms with van der Waals surface area (Å²) in [5.74, 6) is 0.318. The van der Waals surface area contributed by atoms with E-state index in [9.17, 15) is 4.79 Å². The molecule has 0 radical (unpaired) electrons. The van der Waals surface area contributed by atoms with E-state index in [4.69, 9.17) is 0 Å². The predicted molar refractivity (Wildman–Crippen MR) is 78.0 cm³/mol. The molecule has 3 nitrogen and oxygen atoms in total. The molecule has 0 saturated heterocycles. The van der Waals surface area contributed by atoms with Gasteiger partial charge in [0.2, 0.25) is 5.91 Å². The van der Waals surface area contributed by atoms with Crippen LogP contribution in [0.4, 0.5) is 0 Å². The van der Waals surface area contributed by atoms with Crippen molar-refractivity contribution in [2.75, 3.05) is 20.1 Å². The number of fused-ring (bicyclic) bond motifs is 1. The average molecular weight is 260 g/mol. The van der Waals surface area contributed by atoms with Gasteiger partial charge in [0.25, 0.3) is 0 Å². The Kier molecular flexibility index (Phi) is 5.40. The summed E-state index contributed by atoms with van der Waals surface area (Å²) in [6.45, 7) is 2.73. The van der Waals surface area contributed by atoms with Crippen molar-refractivity contribution in [3.05, 3.63) is 35.4 Å². The molecule has 0 unspecified atom stereocenters. The van der Waals surface area contributed by atoms with Crippen LogP contribution in [0, 0.1) is 0 Å². The second-order valence-corrected chi connectivity index (χ2v) is 5.25. The lowest BCUT2D eigenvalue weighted by Crippen LogP contribution is -2.35. The first-order valence-electron chi connectivity index (χ1n) is 7.30. The van der Waals surface area contributed by atoms with Crippen LogP contribution in [-0.4, -0.2) is 30.9 Å². The van der Waals surface area contributed by atoms with Crippen molar-refractivity contribution < 1.29 is 4.79 Å². The summed E-state index contributed by atoms with van der Waals surface area (Å²) in [6.07, 6.45) is 5.01. The molecule has 104 valence electrons. The maximum Gasteiger partial charge on any atom is 0.222 e. The van der Waals surface area contributed by atoms with Crippen molar-refractivity contribution in [3.63, 3.8) is 0 Å². The first kappa shape index (κ1) is 14.1. The molecule has 0 fully saturated rings. The van der Waals surface area contributed by atoms with Crippen molar-refractivity contribution in [2.45, 2.75) is 38.6 Å². The van der Waals surface area contributed by atoms with Gasteiger partial charge in [-0.25, -0.2) is 0 Å². The SMILES string of the molecule is CNCCCCCC(=O)N1CCc2ccccc2C1. The molecule has 1 aromatic rings. The van der Waals surface area contributed by atoms with Gasteiger partial charge in [0.05, 0.1) is 0 Å². The van der Waals surface area contributed by atoms with Crippen LogP contribution in [-0.2, 0) is 17.8 Å². The number of carbonyl (C=O) groups is 1. The number of benzene rings is 1. The van der Waals surface area contributed by atoms with Crippen LogP contribution in [0.15, 0.2) is 24.3 Å². The fourth-order valence-electron chi connectivity index (χ4n) is 2.62. The smallest absolute Gasteiger partial charge is 0.222 e. The Morgan fingerprint density at radius 1 is 1.21 bits per heavy atom. The van der Waals surface area contributed by atoms with Crippen molar-refractivity contribution in [2.24, 2.45) is 0 Å². The van der Waals surface area contributed by atoms with Crippen LogP contribution in [0.25, 0.3) is 0 Å². The summed E-state index contributed by atoms with van der Waals surface area (Å²) in [6, 6.07) is 8.46. The summed E-state index contributed by atoms with van der Waals surface area (Å²) in [5.41, 5.74) is 2.72. The monoisotopic (exact) mass is 260 g/mol. The van der Waals surface area contributed by atoms with Crippen LogP contribution < -0.4 is 5.32 Å². The molecule has 1 aliphatic rings. The van der Waals surface area contributed by atoms with Gasteiger partial charge in [0, 0.05) is 19.5 Å². The van der Waals surface area contributed by atoms with Crippen molar-refractivity contribution in [1.29, 1.82) is 0 Å². The third-order valence-corrected chi connectivity index (χ3v) is 3.80. The normalized spacial score (nSPS) is 14.3. The van der Waals surface area contributed by atoms with Crippen molar-refractivity contribution in [1.82, 2.24) is 10.2 Å². The van der Waals surface area contributed by atoms with Crippen molar-refractivity contribution >= 4 is 5.91 Å². The Morgan fingerprint density at radius 2 is 2.00 bits per heavy atom. The van der Waals surface area contributed by atoms with Gasteiger partial charge in [-0.05, 0) is 44.0 Å². The van der Waals surface area contributed by atoms with Gasteiger partial charge < -0.3 is 10.2 Å². The molecule has 0 saturated carbocycles. The third kappa shape index (κ3) is 4.06. The minimum Gasteiger partial charge on any atom is -0.338 e. The summed E-state index contributed by atoms with van der Waals surface area (Å²) >= 11 is 0. The molecule has 1 N–H and O–H groups in total. The van der Waals surface area contributed by atoms with Crippen LogP contribution in [0.5, 0.6) is 0 Å². The lowest BCUT2D eigenvalue weighted by molar-refractivity contribution is -0.132. The van der Waals surface area contributed by atoms with E-state index in [0.717, 1.165) is 45.3 Å². The van der Waals surface area contributed by atoms with E-state index in [2.05, 4.69) is 29.6 Å². The first-order chi connectivity index (χ1) is 9.31. The number of nitrogens with one attached hydrogen (secondary N) is 1. The zero-order valence-electron chi connectivity index (χ0n) is 11.8. The topological polar surface area (TPSA) is 32.3 Å². The van der Waals surface area contributed by atoms with Crippen LogP contribution in [0.2, 0.25) is 0 Å². The molecular formula is C16H24N2O. The quantitative estimate of drug-likeness (QED) is 0.796. The second-order valence-electron chi connectivity index (χ2n) is 5.25. The van der Waals surface area contributed by atoms with E-state index < -0.39 is 0 Å². The molecule has 1 aliphatic heterocycles. The van der Waals surface area contributed by atoms with Gasteiger partial charge in [0.15, 0.2) is 0 Å². The van der Waals surface area contributed by atoms with Crippen molar-refractivity contribution in [3.8, 4) is 0 Å². The number of hydrogen-bond acceptors (Lipinski definition) is 2. The average Bonchev–Trinajstić information content (AvgIpc) is 2.46. The summed E-state index contributed by atoms with van der Waals surface area (Å²) in [5, 5.41) is 3.13. The van der Waals surface area contributed by atoms with Gasteiger partial charge in [-0.1, -0.05) is 30.7 Å². The van der Waals surface area contributed by atoms with E-state index in [-0.39, 0.29) is 0 Å². The van der Waals surface area contributed by atoms with E-state index >= 15 is 0 Å². The Balaban J connectivity index is 1.76. The van der Waals surface area contributed by atoms with Gasteiger partial charge in [-0.3, -0.25) is 4.79 Å². The zero-order chi connectivity index (χ0) is 13.5. The maximum atomic E-state index is 12.2. The molecule has 2 rings (SSSR count). The van der Waals surface area contributed by atoms with E-state index in [1.807, 2.05) is 11.9 Å². The lowest BCUT2D eigenvalue weighted by Gasteiger charge is -2.29. The first-order valence-corrected chi connectivity index (χ1v) is 7.30. The Morgan fingerprint density at radius 3 is 2.79 bits per heavy atom. The molecule has 0 spiro atoms. The number of hydrogen-bond donors (Lipinski definition) is 1. The van der Waals surface area contributed by atoms with E-state index in [1.54, 1.807) is 0 Å². The summed E-state index contributed by atoms with van der Waals surface area (Å²) in [4.78, 5) is 14.2. The molecule has 0 aliphatic carbocycles. The zero-order valence-corrected chi connectivity index (χ0v) is 11.8. The highest BCUT2D eigenvalue weighted by atomic mass is 16.2. The second kappa shape index (κ2) is 7.29. The molecule has 3 heteroatoms. The summed E-state index contributed by atoms with van der Waals surface area (Å²) < 4.78 is 0. The fraction of sp³-hybridized carbons (Fsp3) is 0.562. The number of rotatable bonds is 6. The van der Waals surface area contributed by atoms with E-state index in [1.165, 1.54) is 11.1 Å². The lowest BCUT2D eigenvalue weighted by atomic mass is 9.99. The minimum atomic E-state index is 0.318. The van der Waals surface area contributed by atoms with Crippen LogP contribution in [0.1, 0.15) is 36.8 Å². The molecule has 0 bridgehead atoms. The number of amides is 1. The molecule has 0 aromatic heterocycles. The Bertz CT molecular complexity index is 417. The fourth-order valence-corrected chi connectivity index (χ4v) is 2.62. The molecule has 0 atom stereocenters. The van der Waals surface area contributed by atoms with Crippen LogP contribution >= 0.6 is 0 Å². The molecule has 19 heavy (non-hydrogen) atoms. The van der Waals surface area contributed by atoms with Crippen LogP contribution in [0.3, 0.4) is 0 Å². The largest absolute Gasteiger partial charge is 0.338 e. The van der Waals surface area contributed by atoms with E-state index in [0.29, 0.717) is 12.3 Å². The Hall–Kier alpha value is -1.35. The van der Waals surface area contributed by atoms with Gasteiger partial charge in [0.1, 0.15) is 0 Å². The molecule has 1 amide bonds. The standard InChI is InChI=1S/C16H24N2O/c1-17-11-6-2-3-9-16(19)18-12-10-14-7-4-5-8-15(14)13-18/h4-5,7-8,17H,2-3,6,9-13H2,1H3. The van der Waals surface area contributed by atoms with Gasteiger partial charge in [-0.15, -0.1) is 0 Å². The minimum absolute atomic E-state index is 0.318. The highest BCUT2D eigenvalue weighted by Gasteiger charge is 2.19. The maximum absolute atomic E-state index is 12.2. The number of carbonyl (C=O) groups excluding carboxylic acids is 1. The molecule has 1 aromatic carbocycles. The van der Waals surface area contributed by atoms with Gasteiger partial charge in [-0.2, -0.15) is 0 Å². The number of nitrogens with zero attached hydrogens (tertiary/aromatic N) is 1. The highest BCUT2D eigenvalue weighted by Crippen LogP contribution is 2.19. The Labute approximate surface area is 116 Å². The third-order valence-electron chi connectivity index (χ3n) is 3.80. The molecule has 1 heterocycles. The number of unbranched alkanes of at least 4 members (excludes halogenated alkanes) is 2. The predicted octanol–water partition coefficient (Wildman–Crippen LogP) is 2.35. The molecular weight excluding hydrogens is 236 g/mol. The van der Waals surface area contributed by atoms with Gasteiger partial charge >= 0.3 is 0 Å². The highest BCUT2D eigenvalue weighted by molar-refractivity contribution is 5.76.